The quantitative estimate of drug-likeness (QED) is 0.587. The van der Waals surface area contributed by atoms with Crippen molar-refractivity contribution in [2.75, 3.05) is 6.54 Å². The molecule has 0 aliphatic heterocycles. The average Bonchev–Trinajstić information content (AvgIpc) is 3.02. The molecule has 1 atom stereocenters. The maximum atomic E-state index is 12.3. The van der Waals surface area contributed by atoms with Crippen LogP contribution in [0.15, 0.2) is 10.8 Å². The number of rotatable bonds is 7. The zero-order valence-electron chi connectivity index (χ0n) is 11.9. The fourth-order valence-electron chi connectivity index (χ4n) is 2.21. The second kappa shape index (κ2) is 7.75. The van der Waals surface area contributed by atoms with Crippen LogP contribution in [0, 0.1) is 9.49 Å². The molecule has 1 N–H and O–H groups in total. The van der Waals surface area contributed by atoms with Gasteiger partial charge in [0.2, 0.25) is 0 Å². The molecule has 0 aromatic carbocycles. The van der Waals surface area contributed by atoms with E-state index in [-0.39, 0.29) is 5.91 Å². The van der Waals surface area contributed by atoms with Gasteiger partial charge in [-0.05, 0) is 34.9 Å². The molecule has 1 amide bonds. The molecule has 0 spiro atoms. The highest BCUT2D eigenvalue weighted by Crippen LogP contribution is 2.34. The first kappa shape index (κ1) is 16.2. The minimum absolute atomic E-state index is 0.0931. The van der Waals surface area contributed by atoms with E-state index < -0.39 is 0 Å². The summed E-state index contributed by atoms with van der Waals surface area (Å²) >= 11 is 5.60. The number of carbonyl (C=O) groups is 1. The van der Waals surface area contributed by atoms with Gasteiger partial charge in [-0.2, -0.15) is 11.3 Å². The SMILES string of the molecule is CCCCC(CC)CNC(=O)c1sc2cscc2c1I. The Labute approximate surface area is 142 Å². The van der Waals surface area contributed by atoms with Gasteiger partial charge in [-0.15, -0.1) is 11.3 Å². The van der Waals surface area contributed by atoms with Gasteiger partial charge in [0.25, 0.3) is 5.91 Å². The smallest absolute Gasteiger partial charge is 0.262 e. The average molecular weight is 421 g/mol. The molecule has 0 fully saturated rings. The second-order valence-corrected chi connectivity index (χ2v) is 7.90. The van der Waals surface area contributed by atoms with E-state index in [1.165, 1.54) is 29.3 Å². The zero-order valence-corrected chi connectivity index (χ0v) is 15.7. The largest absolute Gasteiger partial charge is 0.351 e. The van der Waals surface area contributed by atoms with E-state index in [1.807, 2.05) is 0 Å². The lowest BCUT2D eigenvalue weighted by Crippen LogP contribution is -2.29. The first-order valence-corrected chi connectivity index (χ1v) is 9.93. The highest BCUT2D eigenvalue weighted by Gasteiger charge is 2.17. The van der Waals surface area contributed by atoms with Crippen LogP contribution in [-0.2, 0) is 0 Å². The zero-order chi connectivity index (χ0) is 14.5. The summed E-state index contributed by atoms with van der Waals surface area (Å²) in [4.78, 5) is 13.2. The fourth-order valence-corrected chi connectivity index (χ4v) is 5.61. The molecule has 2 rings (SSSR count). The van der Waals surface area contributed by atoms with Gasteiger partial charge in [-0.3, -0.25) is 4.79 Å². The van der Waals surface area contributed by atoms with E-state index in [2.05, 4.69) is 52.5 Å². The molecule has 2 nitrogen and oxygen atoms in total. The van der Waals surface area contributed by atoms with Crippen LogP contribution in [0.25, 0.3) is 10.1 Å². The molecule has 2 aromatic heterocycles. The first-order chi connectivity index (χ1) is 9.67. The Morgan fingerprint density at radius 3 is 2.85 bits per heavy atom. The second-order valence-electron chi connectivity index (χ2n) is 5.02. The lowest BCUT2D eigenvalue weighted by Gasteiger charge is -2.14. The van der Waals surface area contributed by atoms with Crippen LogP contribution in [0.1, 0.15) is 49.2 Å². The third-order valence-electron chi connectivity index (χ3n) is 3.58. The summed E-state index contributed by atoms with van der Waals surface area (Å²) in [5.41, 5.74) is 0. The van der Waals surface area contributed by atoms with Crippen molar-refractivity contribution in [2.24, 2.45) is 5.92 Å². The van der Waals surface area contributed by atoms with Crippen molar-refractivity contribution in [3.63, 3.8) is 0 Å². The summed E-state index contributed by atoms with van der Waals surface area (Å²) < 4.78 is 2.32. The Morgan fingerprint density at radius 2 is 2.20 bits per heavy atom. The Morgan fingerprint density at radius 1 is 1.40 bits per heavy atom. The van der Waals surface area contributed by atoms with Gasteiger partial charge >= 0.3 is 0 Å². The predicted molar refractivity (Wildman–Crippen MR) is 98.1 cm³/mol. The molecule has 2 heterocycles. The van der Waals surface area contributed by atoms with Gasteiger partial charge in [0.15, 0.2) is 0 Å². The van der Waals surface area contributed by atoms with Gasteiger partial charge in [0.1, 0.15) is 4.88 Å². The minimum atomic E-state index is 0.0931. The van der Waals surface area contributed by atoms with Gasteiger partial charge in [0.05, 0.1) is 0 Å². The number of hydrogen-bond donors (Lipinski definition) is 1. The molecule has 1 unspecified atom stereocenters. The highest BCUT2D eigenvalue weighted by atomic mass is 127. The van der Waals surface area contributed by atoms with Gasteiger partial charge in [0, 0.05) is 31.0 Å². The normalized spacial score (nSPS) is 12.8. The lowest BCUT2D eigenvalue weighted by molar-refractivity contribution is 0.0949. The molecule has 110 valence electrons. The molecule has 2 aromatic rings. The molecule has 0 saturated heterocycles. The predicted octanol–water partition coefficient (Wildman–Crippen LogP) is 5.51. The lowest BCUT2D eigenvalue weighted by atomic mass is 9.99. The highest BCUT2D eigenvalue weighted by molar-refractivity contribution is 14.1. The fraction of sp³-hybridized carbons (Fsp3) is 0.533. The van der Waals surface area contributed by atoms with E-state index >= 15 is 0 Å². The molecular weight excluding hydrogens is 401 g/mol. The number of carbonyl (C=O) groups excluding carboxylic acids is 1. The Bertz CT molecular complexity index is 575. The van der Waals surface area contributed by atoms with Crippen molar-refractivity contribution in [1.29, 1.82) is 0 Å². The maximum absolute atomic E-state index is 12.3. The molecule has 5 heteroatoms. The maximum Gasteiger partial charge on any atom is 0.262 e. The number of unbranched alkanes of at least 4 members (excludes halogenated alkanes) is 1. The van der Waals surface area contributed by atoms with Crippen LogP contribution >= 0.6 is 45.3 Å². The number of halogens is 1. The molecule has 0 radical (unpaired) electrons. The Hall–Kier alpha value is -0.140. The minimum Gasteiger partial charge on any atom is -0.351 e. The third-order valence-corrected chi connectivity index (χ3v) is 7.11. The summed E-state index contributed by atoms with van der Waals surface area (Å²) in [6, 6.07) is 0. The van der Waals surface area contributed by atoms with E-state index in [4.69, 9.17) is 0 Å². The van der Waals surface area contributed by atoms with Crippen LogP contribution in [0.4, 0.5) is 0 Å². The molecule has 20 heavy (non-hydrogen) atoms. The van der Waals surface area contributed by atoms with Crippen molar-refractivity contribution in [1.82, 2.24) is 5.32 Å². The first-order valence-electron chi connectivity index (χ1n) is 7.09. The number of fused-ring (bicyclic) bond motifs is 1. The summed E-state index contributed by atoms with van der Waals surface area (Å²) in [5.74, 6) is 0.701. The van der Waals surface area contributed by atoms with Gasteiger partial charge in [-0.1, -0.05) is 33.1 Å². The molecule has 0 aliphatic rings. The standard InChI is InChI=1S/C15H20INOS2/c1-3-5-6-10(4-2)7-17-15(18)14-13(16)11-8-19-9-12(11)20-14/h8-10H,3-7H2,1-2H3,(H,17,18). The van der Waals surface area contributed by atoms with Crippen LogP contribution < -0.4 is 5.32 Å². The number of amides is 1. The molecular formula is C15H20INOS2. The monoisotopic (exact) mass is 421 g/mol. The van der Waals surface area contributed by atoms with Crippen LogP contribution in [0.5, 0.6) is 0 Å². The Kier molecular flexibility index (Phi) is 6.29. The van der Waals surface area contributed by atoms with E-state index in [0.717, 1.165) is 21.4 Å². The van der Waals surface area contributed by atoms with Crippen LogP contribution in [0.2, 0.25) is 0 Å². The van der Waals surface area contributed by atoms with Crippen molar-refractivity contribution in [3.05, 3.63) is 19.2 Å². The van der Waals surface area contributed by atoms with Gasteiger partial charge < -0.3 is 5.32 Å². The molecule has 0 bridgehead atoms. The summed E-state index contributed by atoms with van der Waals surface area (Å²) in [6.07, 6.45) is 4.82. The van der Waals surface area contributed by atoms with Crippen molar-refractivity contribution in [3.8, 4) is 0 Å². The third kappa shape index (κ3) is 3.74. The number of nitrogens with one attached hydrogen (secondary N) is 1. The van der Waals surface area contributed by atoms with Crippen LogP contribution in [-0.4, -0.2) is 12.5 Å². The van der Waals surface area contributed by atoms with Crippen molar-refractivity contribution < 1.29 is 4.79 Å². The van der Waals surface area contributed by atoms with E-state index in [9.17, 15) is 4.79 Å². The van der Waals surface area contributed by atoms with Gasteiger partial charge in [-0.25, -0.2) is 0 Å². The number of hydrogen-bond acceptors (Lipinski definition) is 3. The van der Waals surface area contributed by atoms with Crippen molar-refractivity contribution in [2.45, 2.75) is 39.5 Å². The number of thiophene rings is 2. The summed E-state index contributed by atoms with van der Waals surface area (Å²) in [7, 11) is 0. The topological polar surface area (TPSA) is 29.1 Å². The van der Waals surface area contributed by atoms with E-state index in [1.54, 1.807) is 22.7 Å². The molecule has 0 aliphatic carbocycles. The van der Waals surface area contributed by atoms with E-state index in [0.29, 0.717) is 5.92 Å². The molecule has 0 saturated carbocycles. The Balaban J connectivity index is 1.97. The van der Waals surface area contributed by atoms with Crippen LogP contribution in [0.3, 0.4) is 0 Å². The van der Waals surface area contributed by atoms with Crippen molar-refractivity contribution >= 4 is 61.3 Å². The summed E-state index contributed by atoms with van der Waals surface area (Å²) in [5, 5.41) is 8.59. The summed E-state index contributed by atoms with van der Waals surface area (Å²) in [6.45, 7) is 5.22.